The lowest BCUT2D eigenvalue weighted by Crippen LogP contribution is -2.42. The molecule has 1 heterocycles. The third-order valence-electron chi connectivity index (χ3n) is 5.47. The zero-order valence-corrected chi connectivity index (χ0v) is 14.1. The first-order valence-corrected chi connectivity index (χ1v) is 8.21. The van der Waals surface area contributed by atoms with Crippen molar-refractivity contribution < 1.29 is 14.2 Å². The molecule has 3 aliphatic rings. The molecule has 2 aliphatic carbocycles. The first-order valence-electron chi connectivity index (χ1n) is 8.21. The largest absolute Gasteiger partial charge is 0.497 e. The van der Waals surface area contributed by atoms with Crippen LogP contribution in [0.5, 0.6) is 11.5 Å². The maximum atomic E-state index is 6.31. The van der Waals surface area contributed by atoms with Gasteiger partial charge in [-0.25, -0.2) is 0 Å². The van der Waals surface area contributed by atoms with Gasteiger partial charge in [0.15, 0.2) is 17.6 Å². The molecule has 122 valence electrons. The van der Waals surface area contributed by atoms with Gasteiger partial charge in [-0.3, -0.25) is 4.90 Å². The van der Waals surface area contributed by atoms with Gasteiger partial charge < -0.3 is 14.2 Å². The zero-order valence-electron chi connectivity index (χ0n) is 14.1. The van der Waals surface area contributed by atoms with Crippen LogP contribution in [0, 0.1) is 0 Å². The van der Waals surface area contributed by atoms with Crippen LogP contribution in [0.25, 0.3) is 0 Å². The number of allylic oxidation sites excluding steroid dienone is 2. The number of benzene rings is 1. The highest BCUT2D eigenvalue weighted by Crippen LogP contribution is 2.55. The van der Waals surface area contributed by atoms with E-state index in [1.807, 2.05) is 6.07 Å². The van der Waals surface area contributed by atoms with Gasteiger partial charge in [-0.1, -0.05) is 19.1 Å². The lowest BCUT2D eigenvalue weighted by Gasteiger charge is -2.39. The van der Waals surface area contributed by atoms with Crippen LogP contribution in [-0.4, -0.2) is 44.9 Å². The van der Waals surface area contributed by atoms with Crippen molar-refractivity contribution in [3.05, 3.63) is 46.7 Å². The van der Waals surface area contributed by atoms with Gasteiger partial charge in [0.2, 0.25) is 0 Å². The van der Waals surface area contributed by atoms with E-state index in [1.54, 1.807) is 14.2 Å². The molecule has 0 radical (unpaired) electrons. The molecular weight excluding hydrogens is 290 g/mol. The second kappa shape index (κ2) is 5.31. The average molecular weight is 313 g/mol. The Morgan fingerprint density at radius 1 is 1.22 bits per heavy atom. The summed E-state index contributed by atoms with van der Waals surface area (Å²) in [4.78, 5) is 2.42. The van der Waals surface area contributed by atoms with Crippen molar-refractivity contribution in [1.29, 1.82) is 0 Å². The number of rotatable bonds is 4. The highest BCUT2D eigenvalue weighted by molar-refractivity contribution is 5.63. The fourth-order valence-electron chi connectivity index (χ4n) is 4.17. The molecule has 0 saturated heterocycles. The SMILES string of the molecule is CCN(C)[C@@H]1Cc2ccc(OC)c3c2C2C1=CC=C(OC)[C@@H]2O3. The van der Waals surface area contributed by atoms with Gasteiger partial charge in [0.1, 0.15) is 5.76 Å². The molecule has 4 rings (SSSR count). The summed E-state index contributed by atoms with van der Waals surface area (Å²) in [6.45, 7) is 3.23. The van der Waals surface area contributed by atoms with E-state index in [-0.39, 0.29) is 12.0 Å². The molecule has 0 N–H and O–H groups in total. The quantitative estimate of drug-likeness (QED) is 0.855. The predicted octanol–water partition coefficient (Wildman–Crippen LogP) is 2.89. The second-order valence-electron chi connectivity index (χ2n) is 6.42. The number of ether oxygens (including phenoxy) is 3. The number of nitrogens with zero attached hydrogens (tertiary/aromatic N) is 1. The normalized spacial score (nSPS) is 27.1. The molecule has 1 aromatic carbocycles. The van der Waals surface area contributed by atoms with Gasteiger partial charge in [0, 0.05) is 11.6 Å². The Morgan fingerprint density at radius 3 is 2.74 bits per heavy atom. The van der Waals surface area contributed by atoms with E-state index >= 15 is 0 Å². The summed E-state index contributed by atoms with van der Waals surface area (Å²) in [5, 5.41) is 0. The number of hydrogen-bond acceptors (Lipinski definition) is 4. The summed E-state index contributed by atoms with van der Waals surface area (Å²) in [5.74, 6) is 2.84. The van der Waals surface area contributed by atoms with Crippen LogP contribution in [0.4, 0.5) is 0 Å². The van der Waals surface area contributed by atoms with Crippen molar-refractivity contribution in [2.75, 3.05) is 27.8 Å². The van der Waals surface area contributed by atoms with Gasteiger partial charge >= 0.3 is 0 Å². The van der Waals surface area contributed by atoms with E-state index in [2.05, 4.69) is 37.1 Å². The van der Waals surface area contributed by atoms with Gasteiger partial charge in [0.05, 0.1) is 20.1 Å². The van der Waals surface area contributed by atoms with Crippen LogP contribution in [0.15, 0.2) is 35.6 Å². The smallest absolute Gasteiger partial charge is 0.166 e. The van der Waals surface area contributed by atoms with E-state index in [9.17, 15) is 0 Å². The maximum absolute atomic E-state index is 6.31. The average Bonchev–Trinajstić information content (AvgIpc) is 3.00. The van der Waals surface area contributed by atoms with Gasteiger partial charge in [-0.2, -0.15) is 0 Å². The zero-order chi connectivity index (χ0) is 16.1. The molecule has 4 nitrogen and oxygen atoms in total. The van der Waals surface area contributed by atoms with Gasteiger partial charge in [0.25, 0.3) is 0 Å². The van der Waals surface area contributed by atoms with E-state index in [1.165, 1.54) is 16.7 Å². The van der Waals surface area contributed by atoms with Crippen molar-refractivity contribution in [3.63, 3.8) is 0 Å². The third-order valence-corrected chi connectivity index (χ3v) is 5.47. The first kappa shape index (κ1) is 14.6. The molecule has 0 bridgehead atoms. The fourth-order valence-corrected chi connectivity index (χ4v) is 4.17. The minimum absolute atomic E-state index is 0.0712. The third kappa shape index (κ3) is 1.94. The van der Waals surface area contributed by atoms with Crippen LogP contribution >= 0.6 is 0 Å². The monoisotopic (exact) mass is 313 g/mol. The Hall–Kier alpha value is -1.94. The van der Waals surface area contributed by atoms with Gasteiger partial charge in [-0.05, 0) is 43.3 Å². The highest BCUT2D eigenvalue weighted by atomic mass is 16.6. The lowest BCUT2D eigenvalue weighted by atomic mass is 9.72. The fraction of sp³-hybridized carbons (Fsp3) is 0.474. The summed E-state index contributed by atoms with van der Waals surface area (Å²) in [6.07, 6.45) is 5.25. The lowest BCUT2D eigenvalue weighted by molar-refractivity contribution is 0.142. The van der Waals surface area contributed by atoms with Crippen LogP contribution in [0.2, 0.25) is 0 Å². The van der Waals surface area contributed by atoms with E-state index in [0.29, 0.717) is 6.04 Å². The Kier molecular flexibility index (Phi) is 3.38. The van der Waals surface area contributed by atoms with Crippen molar-refractivity contribution in [1.82, 2.24) is 4.90 Å². The molecule has 23 heavy (non-hydrogen) atoms. The molecule has 3 atom stereocenters. The van der Waals surface area contributed by atoms with Crippen LogP contribution in [0.3, 0.4) is 0 Å². The number of methoxy groups -OCH3 is 2. The Morgan fingerprint density at radius 2 is 2.04 bits per heavy atom. The Balaban J connectivity index is 1.90. The first-order chi connectivity index (χ1) is 11.2. The summed E-state index contributed by atoms with van der Waals surface area (Å²) >= 11 is 0. The molecule has 1 unspecified atom stereocenters. The molecule has 0 amide bonds. The molecule has 0 aromatic heterocycles. The summed E-state index contributed by atoms with van der Waals surface area (Å²) < 4.78 is 17.4. The molecule has 1 aliphatic heterocycles. The minimum Gasteiger partial charge on any atom is -0.497 e. The van der Waals surface area contributed by atoms with Crippen LogP contribution in [-0.2, 0) is 11.2 Å². The number of likely N-dealkylation sites (N-methyl/N-ethyl adjacent to an activating group) is 1. The predicted molar refractivity (Wildman–Crippen MR) is 89.1 cm³/mol. The van der Waals surface area contributed by atoms with Crippen molar-refractivity contribution >= 4 is 0 Å². The topological polar surface area (TPSA) is 30.9 Å². The second-order valence-corrected chi connectivity index (χ2v) is 6.42. The van der Waals surface area contributed by atoms with E-state index in [4.69, 9.17) is 14.2 Å². The molecule has 1 aromatic rings. The van der Waals surface area contributed by atoms with E-state index in [0.717, 1.165) is 30.2 Å². The Labute approximate surface area is 137 Å². The van der Waals surface area contributed by atoms with Gasteiger partial charge in [-0.15, -0.1) is 0 Å². The molecule has 4 heteroatoms. The molecule has 0 fully saturated rings. The van der Waals surface area contributed by atoms with E-state index < -0.39 is 0 Å². The standard InChI is InChI=1S/C19H23NO3/c1-5-20(2)13-10-11-6-8-14(21-3)18-16(11)17-12(13)7-9-15(22-4)19(17)23-18/h6-9,13,17,19H,5,10H2,1-4H3/t13-,17?,19+/m1/s1. The maximum Gasteiger partial charge on any atom is 0.166 e. The minimum atomic E-state index is -0.0712. The summed E-state index contributed by atoms with van der Waals surface area (Å²) in [5.41, 5.74) is 4.09. The summed E-state index contributed by atoms with van der Waals surface area (Å²) in [7, 11) is 5.61. The van der Waals surface area contributed by atoms with Crippen LogP contribution in [0.1, 0.15) is 24.0 Å². The molecule has 0 saturated carbocycles. The highest BCUT2D eigenvalue weighted by Gasteiger charge is 2.49. The summed E-state index contributed by atoms with van der Waals surface area (Å²) in [6, 6.07) is 4.64. The van der Waals surface area contributed by atoms with Crippen LogP contribution < -0.4 is 9.47 Å². The molecule has 0 spiro atoms. The molecular formula is C19H23NO3. The van der Waals surface area contributed by atoms with Crippen molar-refractivity contribution in [3.8, 4) is 11.5 Å². The van der Waals surface area contributed by atoms with Crippen molar-refractivity contribution in [2.24, 2.45) is 0 Å². The Bertz CT molecular complexity index is 707. The number of hydrogen-bond donors (Lipinski definition) is 0. The van der Waals surface area contributed by atoms with Crippen molar-refractivity contribution in [2.45, 2.75) is 31.4 Å².